The van der Waals surface area contributed by atoms with Gasteiger partial charge >= 0.3 is 0 Å². The minimum atomic E-state index is -0.427. The third-order valence-electron chi connectivity index (χ3n) is 8.31. The summed E-state index contributed by atoms with van der Waals surface area (Å²) in [6.45, 7) is 9.90. The first-order valence-corrected chi connectivity index (χ1v) is 14.1. The molecule has 0 atom stereocenters. The second-order valence-corrected chi connectivity index (χ2v) is 13.0. The lowest BCUT2D eigenvalue weighted by Crippen LogP contribution is -2.45. The lowest BCUT2D eigenvalue weighted by Gasteiger charge is -2.49. The molecular formula is C33H38N2O6. The standard InChI is InChI=1S/C33H38N2O6/c1-32(2)16-25-30(27(36)18-32)29(31-26(34(25)14-15-40-5)17-33(3,4)19-28(31)37)22-8-12-24(13-9-22)41-20-21-6-10-23(11-7-21)35(38)39/h6-13,29H,14-20H2,1-5H3. The van der Waals surface area contributed by atoms with Gasteiger partial charge < -0.3 is 14.4 Å². The highest BCUT2D eigenvalue weighted by atomic mass is 16.6. The maximum absolute atomic E-state index is 13.8. The summed E-state index contributed by atoms with van der Waals surface area (Å²) >= 11 is 0. The van der Waals surface area contributed by atoms with Gasteiger partial charge in [-0.25, -0.2) is 0 Å². The molecule has 216 valence electrons. The van der Waals surface area contributed by atoms with Gasteiger partial charge in [-0.05, 0) is 59.1 Å². The van der Waals surface area contributed by atoms with E-state index >= 15 is 0 Å². The number of allylic oxidation sites excluding steroid dienone is 4. The van der Waals surface area contributed by atoms with Crippen LogP contribution in [-0.2, 0) is 20.9 Å². The largest absolute Gasteiger partial charge is 0.489 e. The highest BCUT2D eigenvalue weighted by Gasteiger charge is 2.48. The zero-order valence-electron chi connectivity index (χ0n) is 24.5. The third-order valence-corrected chi connectivity index (χ3v) is 8.31. The molecule has 0 fully saturated rings. The summed E-state index contributed by atoms with van der Waals surface area (Å²) in [5.74, 6) is 0.438. The van der Waals surface area contributed by atoms with Gasteiger partial charge in [0.1, 0.15) is 12.4 Å². The van der Waals surface area contributed by atoms with Crippen molar-refractivity contribution in [1.29, 1.82) is 0 Å². The molecule has 1 aliphatic heterocycles. The number of ketones is 2. The number of non-ortho nitro benzene ring substituents is 1. The smallest absolute Gasteiger partial charge is 0.269 e. The first kappa shape index (κ1) is 28.7. The fourth-order valence-corrected chi connectivity index (χ4v) is 6.47. The van der Waals surface area contributed by atoms with Crippen LogP contribution in [0.3, 0.4) is 0 Å². The lowest BCUT2D eigenvalue weighted by atomic mass is 9.63. The van der Waals surface area contributed by atoms with E-state index < -0.39 is 10.8 Å². The molecule has 8 nitrogen and oxygen atoms in total. The van der Waals surface area contributed by atoms with E-state index in [0.717, 1.165) is 46.5 Å². The van der Waals surface area contributed by atoms with Gasteiger partial charge in [0.05, 0.1) is 11.5 Å². The zero-order chi connectivity index (χ0) is 29.5. The molecule has 3 aliphatic rings. The van der Waals surface area contributed by atoms with Gasteiger partial charge in [0.2, 0.25) is 0 Å². The first-order chi connectivity index (χ1) is 19.4. The van der Waals surface area contributed by atoms with E-state index in [9.17, 15) is 19.7 Å². The van der Waals surface area contributed by atoms with Crippen molar-refractivity contribution in [2.24, 2.45) is 10.8 Å². The van der Waals surface area contributed by atoms with E-state index in [1.54, 1.807) is 19.2 Å². The number of Topliss-reactive ketones (excluding diaryl/α,β-unsaturated/α-hetero) is 2. The van der Waals surface area contributed by atoms with E-state index in [2.05, 4.69) is 32.6 Å². The van der Waals surface area contributed by atoms with Gasteiger partial charge in [-0.2, -0.15) is 0 Å². The average Bonchev–Trinajstić information content (AvgIpc) is 2.89. The topological polar surface area (TPSA) is 99.0 Å². The number of ether oxygens (including phenoxy) is 2. The third kappa shape index (κ3) is 5.84. The molecule has 2 aliphatic carbocycles. The summed E-state index contributed by atoms with van der Waals surface area (Å²) in [6.07, 6.45) is 2.41. The monoisotopic (exact) mass is 558 g/mol. The molecule has 8 heteroatoms. The highest BCUT2D eigenvalue weighted by Crippen LogP contribution is 2.54. The molecule has 2 aromatic rings. The van der Waals surface area contributed by atoms with Gasteiger partial charge in [0.25, 0.3) is 5.69 Å². The number of carbonyl (C=O) groups is 2. The van der Waals surface area contributed by atoms with Crippen LogP contribution in [0.4, 0.5) is 5.69 Å². The number of hydrogen-bond donors (Lipinski definition) is 0. The Morgan fingerprint density at radius 2 is 1.39 bits per heavy atom. The molecule has 41 heavy (non-hydrogen) atoms. The van der Waals surface area contributed by atoms with Crippen LogP contribution in [0.1, 0.15) is 70.4 Å². The first-order valence-electron chi connectivity index (χ1n) is 14.1. The lowest BCUT2D eigenvalue weighted by molar-refractivity contribution is -0.384. The minimum Gasteiger partial charge on any atom is -0.489 e. The van der Waals surface area contributed by atoms with Gasteiger partial charge in [0, 0.05) is 67.1 Å². The fraction of sp³-hybridized carbons (Fsp3) is 0.455. The van der Waals surface area contributed by atoms with Crippen LogP contribution < -0.4 is 4.74 Å². The fourth-order valence-electron chi connectivity index (χ4n) is 6.47. The maximum atomic E-state index is 13.8. The molecule has 2 aromatic carbocycles. The molecule has 0 N–H and O–H groups in total. The number of benzene rings is 2. The van der Waals surface area contributed by atoms with Gasteiger partial charge in [-0.15, -0.1) is 0 Å². The second-order valence-electron chi connectivity index (χ2n) is 13.0. The van der Waals surface area contributed by atoms with Crippen molar-refractivity contribution < 1.29 is 24.0 Å². The van der Waals surface area contributed by atoms with Crippen molar-refractivity contribution in [3.05, 3.63) is 92.3 Å². The molecule has 5 rings (SSSR count). The molecule has 0 spiro atoms. The summed E-state index contributed by atoms with van der Waals surface area (Å²) in [6, 6.07) is 13.9. The highest BCUT2D eigenvalue weighted by molar-refractivity contribution is 6.06. The number of nitro benzene ring substituents is 1. The number of nitro groups is 1. The van der Waals surface area contributed by atoms with Crippen molar-refractivity contribution in [2.75, 3.05) is 20.3 Å². The van der Waals surface area contributed by atoms with E-state index in [1.807, 2.05) is 24.3 Å². The molecule has 0 unspecified atom stereocenters. The number of methoxy groups -OCH3 is 1. The van der Waals surface area contributed by atoms with Crippen LogP contribution in [0.5, 0.6) is 5.75 Å². The number of carbonyl (C=O) groups excluding carboxylic acids is 2. The predicted octanol–water partition coefficient (Wildman–Crippen LogP) is 6.51. The summed E-state index contributed by atoms with van der Waals surface area (Å²) in [7, 11) is 1.68. The number of hydrogen-bond acceptors (Lipinski definition) is 7. The summed E-state index contributed by atoms with van der Waals surface area (Å²) in [4.78, 5) is 40.4. The van der Waals surface area contributed by atoms with Gasteiger partial charge in [-0.1, -0.05) is 39.8 Å². The molecular weight excluding hydrogens is 520 g/mol. The Morgan fingerprint density at radius 3 is 1.88 bits per heavy atom. The van der Waals surface area contributed by atoms with Crippen LogP contribution in [0.2, 0.25) is 0 Å². The molecule has 0 bridgehead atoms. The van der Waals surface area contributed by atoms with Crippen molar-refractivity contribution in [1.82, 2.24) is 4.90 Å². The SMILES string of the molecule is COCCN1C2=C(C(=O)CC(C)(C)C2)C(c2ccc(OCc3ccc([N+](=O)[O-])cc3)cc2)C2=C1CC(C)(C)CC2=O. The summed E-state index contributed by atoms with van der Waals surface area (Å²) in [5.41, 5.74) is 4.95. The maximum Gasteiger partial charge on any atom is 0.269 e. The van der Waals surface area contributed by atoms with Crippen LogP contribution in [0.15, 0.2) is 71.1 Å². The van der Waals surface area contributed by atoms with Crippen LogP contribution >= 0.6 is 0 Å². The Kier molecular flexibility index (Phi) is 7.64. The average molecular weight is 559 g/mol. The molecule has 0 aromatic heterocycles. The van der Waals surface area contributed by atoms with Crippen molar-refractivity contribution in [3.63, 3.8) is 0 Å². The zero-order valence-corrected chi connectivity index (χ0v) is 24.5. The van der Waals surface area contributed by atoms with Crippen LogP contribution in [0, 0.1) is 20.9 Å². The van der Waals surface area contributed by atoms with Gasteiger partial charge in [-0.3, -0.25) is 19.7 Å². The summed E-state index contributed by atoms with van der Waals surface area (Å²) in [5, 5.41) is 10.9. The van der Waals surface area contributed by atoms with Crippen molar-refractivity contribution >= 4 is 17.3 Å². The Labute approximate surface area is 241 Å². The quantitative estimate of drug-likeness (QED) is 0.269. The van der Waals surface area contributed by atoms with Crippen LogP contribution in [-0.4, -0.2) is 41.7 Å². The van der Waals surface area contributed by atoms with Crippen molar-refractivity contribution in [2.45, 2.75) is 65.9 Å². The number of nitrogens with zero attached hydrogens (tertiary/aromatic N) is 2. The Bertz CT molecular complexity index is 1380. The number of rotatable bonds is 8. The molecule has 0 radical (unpaired) electrons. The molecule has 1 heterocycles. The molecule has 0 amide bonds. The Morgan fingerprint density at radius 1 is 0.854 bits per heavy atom. The van der Waals surface area contributed by atoms with E-state index in [4.69, 9.17) is 9.47 Å². The van der Waals surface area contributed by atoms with E-state index in [0.29, 0.717) is 31.7 Å². The molecule has 0 saturated carbocycles. The van der Waals surface area contributed by atoms with Crippen molar-refractivity contribution in [3.8, 4) is 5.75 Å². The predicted molar refractivity (Wildman–Crippen MR) is 155 cm³/mol. The normalized spacial score (nSPS) is 20.2. The minimum absolute atomic E-state index is 0.0370. The van der Waals surface area contributed by atoms with Gasteiger partial charge in [0.15, 0.2) is 11.6 Å². The van der Waals surface area contributed by atoms with Crippen LogP contribution in [0.25, 0.3) is 0 Å². The second kappa shape index (κ2) is 10.9. The molecule has 0 saturated heterocycles. The van der Waals surface area contributed by atoms with E-state index in [1.165, 1.54) is 12.1 Å². The Hall–Kier alpha value is -3.78. The Balaban J connectivity index is 1.51. The van der Waals surface area contributed by atoms with E-state index in [-0.39, 0.29) is 34.7 Å². The summed E-state index contributed by atoms with van der Waals surface area (Å²) < 4.78 is 11.4.